The molecular weight excluding hydrogens is 348 g/mol. The lowest BCUT2D eigenvalue weighted by Gasteiger charge is -2.35. The topological polar surface area (TPSA) is 57.7 Å². The van der Waals surface area contributed by atoms with Crippen molar-refractivity contribution in [3.05, 3.63) is 29.3 Å². The van der Waals surface area contributed by atoms with E-state index in [0.717, 1.165) is 25.9 Å². The predicted molar refractivity (Wildman–Crippen MR) is 93.4 cm³/mol. The molecule has 1 amide bonds. The molecule has 0 aromatic heterocycles. The van der Waals surface area contributed by atoms with Crippen LogP contribution in [0.15, 0.2) is 29.2 Å². The molecule has 132 valence electrons. The first kappa shape index (κ1) is 17.7. The van der Waals surface area contributed by atoms with Crippen molar-refractivity contribution in [1.29, 1.82) is 0 Å². The molecule has 0 aliphatic carbocycles. The molecule has 2 heterocycles. The summed E-state index contributed by atoms with van der Waals surface area (Å²) in [5.74, 6) is 0.165. The maximum atomic E-state index is 12.7. The fourth-order valence-electron chi connectivity index (χ4n) is 3.47. The van der Waals surface area contributed by atoms with Gasteiger partial charge in [-0.2, -0.15) is 4.31 Å². The highest BCUT2D eigenvalue weighted by molar-refractivity contribution is 7.89. The Labute approximate surface area is 148 Å². The number of carbonyl (C=O) groups excluding carboxylic acids is 1. The average Bonchev–Trinajstić information content (AvgIpc) is 2.62. The van der Waals surface area contributed by atoms with Gasteiger partial charge in [0.2, 0.25) is 15.9 Å². The number of rotatable bonds is 3. The van der Waals surface area contributed by atoms with E-state index in [1.807, 2.05) is 4.90 Å². The third-order valence-electron chi connectivity index (χ3n) is 4.92. The molecule has 5 nitrogen and oxygen atoms in total. The highest BCUT2D eigenvalue weighted by atomic mass is 35.5. The van der Waals surface area contributed by atoms with E-state index in [1.165, 1.54) is 22.9 Å². The van der Waals surface area contributed by atoms with Gasteiger partial charge < -0.3 is 4.90 Å². The molecular formula is C17H23ClN2O3S. The molecule has 2 saturated heterocycles. The van der Waals surface area contributed by atoms with E-state index in [0.29, 0.717) is 31.0 Å². The largest absolute Gasteiger partial charge is 0.342 e. The summed E-state index contributed by atoms with van der Waals surface area (Å²) in [4.78, 5) is 14.8. The van der Waals surface area contributed by atoms with Crippen molar-refractivity contribution < 1.29 is 13.2 Å². The van der Waals surface area contributed by atoms with E-state index in [9.17, 15) is 13.2 Å². The molecule has 3 rings (SSSR count). The highest BCUT2D eigenvalue weighted by Crippen LogP contribution is 2.26. The fraction of sp³-hybridized carbons (Fsp3) is 0.588. The first-order valence-electron chi connectivity index (χ1n) is 8.53. The van der Waals surface area contributed by atoms with Crippen LogP contribution in [0.1, 0.15) is 32.1 Å². The Morgan fingerprint density at radius 3 is 2.12 bits per heavy atom. The molecule has 2 fully saturated rings. The Balaban J connectivity index is 1.62. The number of benzene rings is 1. The normalized spacial score (nSPS) is 21.0. The maximum absolute atomic E-state index is 12.7. The van der Waals surface area contributed by atoms with Gasteiger partial charge in [0.1, 0.15) is 0 Å². The minimum absolute atomic E-state index is 0.0419. The fourth-order valence-corrected chi connectivity index (χ4v) is 5.07. The third-order valence-corrected chi connectivity index (χ3v) is 7.09. The lowest BCUT2D eigenvalue weighted by Crippen LogP contribution is -2.45. The van der Waals surface area contributed by atoms with Gasteiger partial charge in [0.05, 0.1) is 4.90 Å². The van der Waals surface area contributed by atoms with Crippen LogP contribution in [0.3, 0.4) is 0 Å². The standard InChI is InChI=1S/C17H23ClN2O3S/c18-15-4-6-16(7-5-15)24(22,23)20-12-8-14(9-13-20)17(21)19-10-2-1-3-11-19/h4-7,14H,1-3,8-13H2. The quantitative estimate of drug-likeness (QED) is 0.822. The van der Waals surface area contributed by atoms with Gasteiger partial charge in [-0.25, -0.2) is 8.42 Å². The monoisotopic (exact) mass is 370 g/mol. The summed E-state index contributed by atoms with van der Waals surface area (Å²) in [6, 6.07) is 6.23. The second-order valence-corrected chi connectivity index (χ2v) is 8.89. The minimum Gasteiger partial charge on any atom is -0.342 e. The van der Waals surface area contributed by atoms with Crippen LogP contribution in [-0.2, 0) is 14.8 Å². The van der Waals surface area contributed by atoms with Gasteiger partial charge in [-0.05, 0) is 56.4 Å². The van der Waals surface area contributed by atoms with Crippen molar-refractivity contribution in [3.63, 3.8) is 0 Å². The third kappa shape index (κ3) is 3.76. The Morgan fingerprint density at radius 1 is 0.958 bits per heavy atom. The van der Waals surface area contributed by atoms with E-state index in [4.69, 9.17) is 11.6 Å². The van der Waals surface area contributed by atoms with E-state index >= 15 is 0 Å². The molecule has 0 unspecified atom stereocenters. The Morgan fingerprint density at radius 2 is 1.54 bits per heavy atom. The number of piperidine rings is 2. The van der Waals surface area contributed by atoms with Crippen molar-refractivity contribution in [3.8, 4) is 0 Å². The van der Waals surface area contributed by atoms with Crippen LogP contribution in [0.4, 0.5) is 0 Å². The number of halogens is 1. The first-order valence-corrected chi connectivity index (χ1v) is 10.3. The van der Waals surface area contributed by atoms with Crippen LogP contribution in [0.2, 0.25) is 5.02 Å². The van der Waals surface area contributed by atoms with Crippen LogP contribution in [0, 0.1) is 5.92 Å². The van der Waals surface area contributed by atoms with Crippen molar-refractivity contribution in [1.82, 2.24) is 9.21 Å². The first-order chi connectivity index (χ1) is 11.5. The number of nitrogens with zero attached hydrogens (tertiary/aromatic N) is 2. The van der Waals surface area contributed by atoms with Gasteiger partial charge in [-0.1, -0.05) is 11.6 Å². The number of hydrogen-bond donors (Lipinski definition) is 0. The lowest BCUT2D eigenvalue weighted by atomic mass is 9.95. The Kier molecular flexibility index (Phi) is 5.47. The second-order valence-electron chi connectivity index (χ2n) is 6.52. The van der Waals surface area contributed by atoms with Gasteiger partial charge >= 0.3 is 0 Å². The Hall–Kier alpha value is -1.11. The molecule has 1 aromatic carbocycles. The van der Waals surface area contributed by atoms with Gasteiger partial charge in [-0.3, -0.25) is 4.79 Å². The number of carbonyl (C=O) groups is 1. The van der Waals surface area contributed by atoms with E-state index in [2.05, 4.69) is 0 Å². The molecule has 0 atom stereocenters. The summed E-state index contributed by atoms with van der Waals surface area (Å²) in [5, 5.41) is 0.514. The van der Waals surface area contributed by atoms with Crippen LogP contribution in [0.5, 0.6) is 0 Å². The predicted octanol–water partition coefficient (Wildman–Crippen LogP) is 2.75. The highest BCUT2D eigenvalue weighted by Gasteiger charge is 2.34. The number of likely N-dealkylation sites (tertiary alicyclic amines) is 1. The number of amides is 1. The zero-order valence-corrected chi connectivity index (χ0v) is 15.2. The van der Waals surface area contributed by atoms with Crippen LogP contribution in [0.25, 0.3) is 0 Å². The molecule has 24 heavy (non-hydrogen) atoms. The SMILES string of the molecule is O=C(C1CCN(S(=O)(=O)c2ccc(Cl)cc2)CC1)N1CCCCC1. The zero-order chi connectivity index (χ0) is 17.2. The van der Waals surface area contributed by atoms with E-state index < -0.39 is 10.0 Å². The summed E-state index contributed by atoms with van der Waals surface area (Å²) in [6.45, 7) is 2.49. The van der Waals surface area contributed by atoms with Crippen molar-refractivity contribution in [2.45, 2.75) is 37.0 Å². The molecule has 2 aliphatic heterocycles. The second kappa shape index (κ2) is 7.42. The van der Waals surface area contributed by atoms with E-state index in [-0.39, 0.29) is 16.7 Å². The molecule has 2 aliphatic rings. The molecule has 0 saturated carbocycles. The van der Waals surface area contributed by atoms with Gasteiger partial charge in [0.25, 0.3) is 0 Å². The van der Waals surface area contributed by atoms with Crippen molar-refractivity contribution in [2.75, 3.05) is 26.2 Å². The van der Waals surface area contributed by atoms with Crippen LogP contribution >= 0.6 is 11.6 Å². The molecule has 0 spiro atoms. The van der Waals surface area contributed by atoms with Gasteiger partial charge in [-0.15, -0.1) is 0 Å². The summed E-state index contributed by atoms with van der Waals surface area (Å²) < 4.78 is 26.8. The molecule has 0 bridgehead atoms. The molecule has 1 aromatic rings. The van der Waals surface area contributed by atoms with Gasteiger partial charge in [0.15, 0.2) is 0 Å². The average molecular weight is 371 g/mol. The van der Waals surface area contributed by atoms with Crippen molar-refractivity contribution >= 4 is 27.5 Å². The van der Waals surface area contributed by atoms with Crippen LogP contribution in [-0.4, -0.2) is 49.7 Å². The smallest absolute Gasteiger partial charge is 0.243 e. The van der Waals surface area contributed by atoms with Crippen molar-refractivity contribution in [2.24, 2.45) is 5.92 Å². The summed E-state index contributed by atoms with van der Waals surface area (Å²) in [7, 11) is -3.50. The van der Waals surface area contributed by atoms with Gasteiger partial charge in [0, 0.05) is 37.1 Å². The molecule has 0 radical (unpaired) electrons. The summed E-state index contributed by atoms with van der Waals surface area (Å²) >= 11 is 5.82. The summed E-state index contributed by atoms with van der Waals surface area (Å²) in [6.07, 6.45) is 4.55. The maximum Gasteiger partial charge on any atom is 0.243 e. The van der Waals surface area contributed by atoms with Crippen LogP contribution < -0.4 is 0 Å². The zero-order valence-electron chi connectivity index (χ0n) is 13.7. The minimum atomic E-state index is -3.50. The molecule has 0 N–H and O–H groups in total. The van der Waals surface area contributed by atoms with E-state index in [1.54, 1.807) is 12.1 Å². The summed E-state index contributed by atoms with van der Waals surface area (Å²) in [5.41, 5.74) is 0. The lowest BCUT2D eigenvalue weighted by molar-refractivity contribution is -0.137. The number of hydrogen-bond acceptors (Lipinski definition) is 3. The Bertz CT molecular complexity index is 676. The number of sulfonamides is 1. The molecule has 7 heteroatoms.